The van der Waals surface area contributed by atoms with Gasteiger partial charge in [0, 0.05) is 34.1 Å². The quantitative estimate of drug-likeness (QED) is 0.0281. The minimum atomic E-state index is -0.976. The van der Waals surface area contributed by atoms with Crippen molar-refractivity contribution in [2.75, 3.05) is 27.9 Å². The van der Waals surface area contributed by atoms with Crippen molar-refractivity contribution in [3.8, 4) is 0 Å². The molecule has 0 saturated heterocycles. The van der Waals surface area contributed by atoms with E-state index in [9.17, 15) is 24.0 Å². The molecule has 0 spiro atoms. The number of carbonyl (C=O) groups excluding carboxylic acids is 4. The fourth-order valence-corrected chi connectivity index (χ4v) is 3.33. The van der Waals surface area contributed by atoms with Crippen molar-refractivity contribution in [3.05, 3.63) is 123 Å². The fraction of sp³-hybridized carbons (Fsp3) is 0.129. The molecule has 6 rings (SSSR count). The van der Waals surface area contributed by atoms with E-state index in [0.717, 1.165) is 5.52 Å². The van der Waals surface area contributed by atoms with Crippen LogP contribution in [0.25, 0.3) is 49.2 Å². The molecule has 0 amide bonds. The molecule has 6 aromatic rings. The van der Waals surface area contributed by atoms with Crippen LogP contribution in [0.3, 0.4) is 0 Å². The second-order valence-electron chi connectivity index (χ2n) is 8.88. The molecule has 52 heavy (non-hydrogen) atoms. The lowest BCUT2D eigenvalue weighted by molar-refractivity contribution is -0.139. The van der Waals surface area contributed by atoms with Crippen molar-refractivity contribution in [1.29, 1.82) is 0 Å². The summed E-state index contributed by atoms with van der Waals surface area (Å²) >= 11 is 0. The van der Waals surface area contributed by atoms with E-state index < -0.39 is 17.9 Å². The van der Waals surface area contributed by atoms with Gasteiger partial charge >= 0.3 is 23.9 Å². The largest absolute Gasteiger partial charge is 0.477 e. The summed E-state index contributed by atoms with van der Waals surface area (Å²) in [6.07, 6.45) is 7.93. The van der Waals surface area contributed by atoms with Crippen molar-refractivity contribution in [2.24, 2.45) is 10.2 Å². The third-order valence-electron chi connectivity index (χ3n) is 5.63. The zero-order valence-corrected chi connectivity index (χ0v) is 27.3. The summed E-state index contributed by atoms with van der Waals surface area (Å²) in [6, 6.07) is 13.0. The molecule has 270 valence electrons. The second kappa shape index (κ2) is 21.9. The molecule has 21 nitrogen and oxygen atoms in total. The number of H-pyrrole nitrogens is 2. The summed E-state index contributed by atoms with van der Waals surface area (Å²) in [6.45, 7) is -0.229. The number of methoxy groups -OCH3 is 3. The normalized spacial score (nSPS) is 9.71. The van der Waals surface area contributed by atoms with E-state index in [4.69, 9.17) is 29.4 Å². The molecule has 0 aliphatic heterocycles. The van der Waals surface area contributed by atoms with E-state index in [1.165, 1.54) is 52.3 Å². The number of carboxylic acid groups (broad SMARTS) is 1. The minimum absolute atomic E-state index is 0.148. The maximum atomic E-state index is 11.0. The number of nitrogens with zero attached hydrogens (tertiary/aromatic N) is 6. The Labute approximate surface area is 290 Å². The van der Waals surface area contributed by atoms with Crippen LogP contribution in [0.1, 0.15) is 37.3 Å². The summed E-state index contributed by atoms with van der Waals surface area (Å²) in [5, 5.41) is 14.7. The Morgan fingerprint density at radius 1 is 0.788 bits per heavy atom. The van der Waals surface area contributed by atoms with Crippen LogP contribution in [0, 0.1) is 0 Å². The van der Waals surface area contributed by atoms with Gasteiger partial charge in [-0.15, -0.1) is 0 Å². The molecule has 0 aromatic carbocycles. The summed E-state index contributed by atoms with van der Waals surface area (Å²) in [5.41, 5.74) is 19.0. The molecule has 6 aromatic heterocycles. The maximum Gasteiger partial charge on any atom is 0.354 e. The first-order valence-corrected chi connectivity index (χ1v) is 14.0. The van der Waals surface area contributed by atoms with Crippen molar-refractivity contribution in [1.82, 2.24) is 9.97 Å². The first-order chi connectivity index (χ1) is 25.1. The summed E-state index contributed by atoms with van der Waals surface area (Å²) in [5.74, 6) is -1.81. The van der Waals surface area contributed by atoms with Gasteiger partial charge in [-0.25, -0.2) is 14.4 Å². The fourth-order valence-electron chi connectivity index (χ4n) is 3.33. The molecule has 0 aliphatic rings. The average molecular weight is 721 g/mol. The first-order valence-electron chi connectivity index (χ1n) is 14.0. The van der Waals surface area contributed by atoms with Gasteiger partial charge in [-0.05, 0) is 41.4 Å². The van der Waals surface area contributed by atoms with Crippen LogP contribution < -0.4 is 0 Å². The summed E-state index contributed by atoms with van der Waals surface area (Å²) < 4.78 is 32.6. The summed E-state index contributed by atoms with van der Waals surface area (Å²) in [4.78, 5) is 62.7. The van der Waals surface area contributed by atoms with Crippen LogP contribution in [0.5, 0.6) is 0 Å². The SMILES string of the molecule is COC(=O)/C(=C/c1ccco1)N=[N+]=[N-].COC(=O)CN=[N+]=[N-].COC(=O)c1cc2occc2[nH]1.O=C(O)c1cc2occc2[nH]1.O=Cc1ccco1. The molecule has 0 atom stereocenters. The number of ether oxygens (including phenoxy) is 3. The van der Waals surface area contributed by atoms with Gasteiger partial charge in [-0.1, -0.05) is 10.2 Å². The van der Waals surface area contributed by atoms with E-state index in [-0.39, 0.29) is 23.9 Å². The van der Waals surface area contributed by atoms with Gasteiger partial charge in [0.2, 0.25) is 0 Å². The van der Waals surface area contributed by atoms with Crippen LogP contribution in [0.2, 0.25) is 0 Å². The summed E-state index contributed by atoms with van der Waals surface area (Å²) in [7, 11) is 3.77. The molecule has 3 N–H and O–H groups in total. The van der Waals surface area contributed by atoms with Crippen LogP contribution in [-0.2, 0) is 23.8 Å². The van der Waals surface area contributed by atoms with Crippen molar-refractivity contribution < 1.29 is 61.0 Å². The lowest BCUT2D eigenvalue weighted by Crippen LogP contribution is -2.02. The van der Waals surface area contributed by atoms with Crippen molar-refractivity contribution in [2.45, 2.75) is 0 Å². The van der Waals surface area contributed by atoms with Gasteiger partial charge < -0.3 is 47.0 Å². The smallest absolute Gasteiger partial charge is 0.354 e. The highest BCUT2D eigenvalue weighted by Gasteiger charge is 2.11. The molecule has 0 bridgehead atoms. The number of hydrogen-bond acceptors (Lipinski definition) is 14. The topological polar surface area (TPSA) is 315 Å². The van der Waals surface area contributed by atoms with Crippen LogP contribution in [-0.4, -0.2) is 73.1 Å². The second-order valence-corrected chi connectivity index (χ2v) is 8.88. The molecular formula is C31H28N8O13. The lowest BCUT2D eigenvalue weighted by Gasteiger charge is -1.95. The molecule has 6 heterocycles. The van der Waals surface area contributed by atoms with Gasteiger partial charge in [0.25, 0.3) is 0 Å². The van der Waals surface area contributed by atoms with Crippen LogP contribution >= 0.6 is 0 Å². The number of aromatic carboxylic acids is 1. The number of hydrogen-bond donors (Lipinski definition) is 3. The standard InChI is InChI=1S/C8H7N3O3.C8H7NO3.C7H5NO3.C5H4O2.C3H5N3O2/c1-13-8(12)7(10-11-9)5-6-3-2-4-14-6;1-11-8(10)6-4-7-5(9-6)2-3-12-7;9-7(10)5-3-6-4(8-5)1-2-11-6;6-4-5-2-1-3-7-5;1-8-3(7)2-5-6-4/h2-5H,1H3;2-4,9H,1H3;1-3,8H,(H,9,10);1-4H;2H2,1H3/b7-5-;;;;. The number of nitrogens with one attached hydrogen (secondary N) is 2. The number of aldehydes is 1. The highest BCUT2D eigenvalue weighted by molar-refractivity contribution is 5.93. The first kappa shape index (κ1) is 40.3. The third kappa shape index (κ3) is 13.3. The highest BCUT2D eigenvalue weighted by atomic mass is 16.5. The molecule has 21 heteroatoms. The molecule has 0 fully saturated rings. The Hall–Kier alpha value is -7.89. The average Bonchev–Trinajstić information content (AvgIpc) is 4.00. The van der Waals surface area contributed by atoms with Gasteiger partial charge in [0.05, 0.1) is 57.4 Å². The number of rotatable bonds is 8. The number of fused-ring (bicyclic) bond motifs is 2. The highest BCUT2D eigenvalue weighted by Crippen LogP contribution is 2.17. The third-order valence-corrected chi connectivity index (χ3v) is 5.63. The number of furan rings is 4. The Morgan fingerprint density at radius 3 is 1.79 bits per heavy atom. The predicted molar refractivity (Wildman–Crippen MR) is 177 cm³/mol. The molecule has 0 saturated carbocycles. The monoisotopic (exact) mass is 720 g/mol. The number of azide groups is 2. The van der Waals surface area contributed by atoms with E-state index >= 15 is 0 Å². The Morgan fingerprint density at radius 2 is 1.37 bits per heavy atom. The van der Waals surface area contributed by atoms with Gasteiger partial charge in [0.1, 0.15) is 29.4 Å². The molecular weight excluding hydrogens is 692 g/mol. The van der Waals surface area contributed by atoms with Crippen LogP contribution in [0.15, 0.2) is 107 Å². The number of carbonyl (C=O) groups is 5. The van der Waals surface area contributed by atoms with E-state index in [0.29, 0.717) is 40.2 Å². The van der Waals surface area contributed by atoms with Crippen molar-refractivity contribution in [3.63, 3.8) is 0 Å². The van der Waals surface area contributed by atoms with Gasteiger partial charge in [-0.3, -0.25) is 9.59 Å². The number of aromatic nitrogens is 2. The lowest BCUT2D eigenvalue weighted by atomic mass is 10.3. The van der Waals surface area contributed by atoms with Gasteiger partial charge in [0.15, 0.2) is 23.2 Å². The Balaban J connectivity index is 0.000000230. The zero-order valence-electron chi connectivity index (χ0n) is 27.3. The number of esters is 3. The number of carboxylic acids is 1. The predicted octanol–water partition coefficient (Wildman–Crippen LogP) is 6.67. The molecule has 0 unspecified atom stereocenters. The molecule has 0 radical (unpaired) electrons. The van der Waals surface area contributed by atoms with Gasteiger partial charge in [-0.2, -0.15) is 0 Å². The molecule has 0 aliphatic carbocycles. The van der Waals surface area contributed by atoms with E-state index in [2.05, 4.69) is 48.6 Å². The van der Waals surface area contributed by atoms with E-state index in [1.54, 1.807) is 48.7 Å². The van der Waals surface area contributed by atoms with E-state index in [1.807, 2.05) is 0 Å². The number of aromatic amines is 2. The maximum absolute atomic E-state index is 11.0. The Bertz CT molecular complexity index is 2100. The zero-order chi connectivity index (χ0) is 38.3. The Kier molecular flexibility index (Phi) is 17.0. The minimum Gasteiger partial charge on any atom is -0.477 e. The van der Waals surface area contributed by atoms with Crippen molar-refractivity contribution >= 4 is 58.4 Å². The van der Waals surface area contributed by atoms with Crippen LogP contribution in [0.4, 0.5) is 0 Å².